The molecule has 1 atom stereocenters. The number of ether oxygens (including phenoxy) is 3. The molecule has 0 aliphatic carbocycles. The number of fused-ring (bicyclic) bond motifs is 5. The summed E-state index contributed by atoms with van der Waals surface area (Å²) in [6.45, 7) is 14.1. The van der Waals surface area contributed by atoms with Gasteiger partial charge in [0.2, 0.25) is 5.60 Å². The van der Waals surface area contributed by atoms with Crippen molar-refractivity contribution in [2.75, 3.05) is 6.54 Å². The van der Waals surface area contributed by atoms with Gasteiger partial charge in [0.1, 0.15) is 12.2 Å². The van der Waals surface area contributed by atoms with E-state index >= 15 is 0 Å². The fraction of sp³-hybridized carbons (Fsp3) is 0.485. The molecule has 0 bridgehead atoms. The highest BCUT2D eigenvalue weighted by Gasteiger charge is 2.50. The standard InChI is InChI=1S/C33H41N3O7Si/c1-8-33(42-27(37)13-15-34-31(40)43-32(2,3)4)24-17-26-28-22(18-36(26)29(38)23(24)19-41-30(33)39)20(14-16-44(5,6)7)21-11-9-10-12-25(21)35-28/h9-12,17H,8,13-16,18-19H2,1-7H3,(H,34,40)/t33-/m0/s1. The molecular formula is C33H41N3O7Si. The lowest BCUT2D eigenvalue weighted by Crippen LogP contribution is -2.47. The molecule has 44 heavy (non-hydrogen) atoms. The molecule has 1 N–H and O–H groups in total. The average molecular weight is 620 g/mol. The van der Waals surface area contributed by atoms with Crippen LogP contribution in [0, 0.1) is 0 Å². The monoisotopic (exact) mass is 619 g/mol. The van der Waals surface area contributed by atoms with Crippen LogP contribution in [0.25, 0.3) is 22.3 Å². The van der Waals surface area contributed by atoms with Crippen LogP contribution in [0.3, 0.4) is 0 Å². The highest BCUT2D eigenvalue weighted by Crippen LogP contribution is 2.42. The maximum Gasteiger partial charge on any atom is 0.407 e. The first-order valence-electron chi connectivity index (χ1n) is 15.2. The van der Waals surface area contributed by atoms with Crippen molar-refractivity contribution in [3.8, 4) is 11.4 Å². The lowest BCUT2D eigenvalue weighted by molar-refractivity contribution is -0.189. The number of aryl methyl sites for hydroxylation is 1. The number of carbonyl (C=O) groups excluding carboxylic acids is 3. The van der Waals surface area contributed by atoms with Crippen LogP contribution in [-0.4, -0.2) is 47.8 Å². The maximum absolute atomic E-state index is 14.0. The van der Waals surface area contributed by atoms with E-state index in [1.54, 1.807) is 38.3 Å². The third kappa shape index (κ3) is 6.02. The summed E-state index contributed by atoms with van der Waals surface area (Å²) in [4.78, 5) is 57.4. The number of para-hydroxylation sites is 1. The highest BCUT2D eigenvalue weighted by atomic mass is 28.3. The Hall–Kier alpha value is -3.99. The van der Waals surface area contributed by atoms with Crippen LogP contribution in [-0.2, 0) is 49.0 Å². The third-order valence-electron chi connectivity index (χ3n) is 8.09. The normalized spacial score (nSPS) is 17.4. The second kappa shape index (κ2) is 11.5. The Morgan fingerprint density at radius 2 is 1.86 bits per heavy atom. The summed E-state index contributed by atoms with van der Waals surface area (Å²) < 4.78 is 18.2. The summed E-state index contributed by atoms with van der Waals surface area (Å²) in [5, 5.41) is 3.61. The first kappa shape index (κ1) is 31.4. The number of esters is 2. The fourth-order valence-corrected chi connectivity index (χ4v) is 6.88. The van der Waals surface area contributed by atoms with E-state index in [9.17, 15) is 19.2 Å². The highest BCUT2D eigenvalue weighted by molar-refractivity contribution is 6.76. The van der Waals surface area contributed by atoms with Gasteiger partial charge in [-0.3, -0.25) is 9.59 Å². The Morgan fingerprint density at radius 3 is 2.55 bits per heavy atom. The van der Waals surface area contributed by atoms with E-state index in [1.807, 2.05) is 18.2 Å². The molecule has 0 spiro atoms. The van der Waals surface area contributed by atoms with Gasteiger partial charge >= 0.3 is 18.0 Å². The molecule has 2 aliphatic heterocycles. The Morgan fingerprint density at radius 1 is 1.14 bits per heavy atom. The van der Waals surface area contributed by atoms with Crippen LogP contribution in [0.5, 0.6) is 0 Å². The van der Waals surface area contributed by atoms with E-state index in [0.717, 1.165) is 28.9 Å². The van der Waals surface area contributed by atoms with Crippen LogP contribution in [0.4, 0.5) is 4.79 Å². The second-order valence-corrected chi connectivity index (χ2v) is 19.3. The first-order valence-corrected chi connectivity index (χ1v) is 18.9. The van der Waals surface area contributed by atoms with Gasteiger partial charge in [-0.25, -0.2) is 14.6 Å². The molecule has 1 amide bonds. The zero-order chi connectivity index (χ0) is 32.0. The van der Waals surface area contributed by atoms with E-state index < -0.39 is 37.3 Å². The minimum atomic E-state index is -1.80. The molecule has 0 radical (unpaired) electrons. The Bertz CT molecular complexity index is 1720. The maximum atomic E-state index is 14.0. The van der Waals surface area contributed by atoms with Crippen molar-refractivity contribution in [2.45, 2.75) is 97.0 Å². The molecule has 10 nitrogen and oxygen atoms in total. The summed E-state index contributed by atoms with van der Waals surface area (Å²) >= 11 is 0. The Labute approximate surface area is 258 Å². The largest absolute Gasteiger partial charge is 0.457 e. The third-order valence-corrected chi connectivity index (χ3v) is 9.84. The SMILES string of the molecule is CC[C@@]1(OC(=O)CCNC(=O)OC(C)(C)C)C(=O)OCc2c1cc1n(c2=O)Cc2c-1nc1ccccc1c2CC[Si](C)(C)C. The zero-order valence-corrected chi connectivity index (χ0v) is 27.6. The van der Waals surface area contributed by atoms with Crippen molar-refractivity contribution < 1.29 is 28.6 Å². The molecule has 2 aliphatic rings. The Balaban J connectivity index is 1.52. The lowest BCUT2D eigenvalue weighted by Gasteiger charge is -2.35. The van der Waals surface area contributed by atoms with Crippen molar-refractivity contribution >= 4 is 37.0 Å². The van der Waals surface area contributed by atoms with Gasteiger partial charge in [0.15, 0.2) is 0 Å². The number of carbonyl (C=O) groups is 3. The minimum Gasteiger partial charge on any atom is -0.457 e. The summed E-state index contributed by atoms with van der Waals surface area (Å²) in [6, 6.07) is 10.9. The van der Waals surface area contributed by atoms with E-state index in [1.165, 1.54) is 5.56 Å². The molecule has 0 saturated heterocycles. The number of rotatable bonds is 8. The van der Waals surface area contributed by atoms with Gasteiger partial charge in [0.05, 0.1) is 35.4 Å². The van der Waals surface area contributed by atoms with Crippen molar-refractivity contribution in [1.82, 2.24) is 14.9 Å². The second-order valence-electron chi connectivity index (χ2n) is 13.7. The minimum absolute atomic E-state index is 0.0487. The number of amides is 1. The smallest absolute Gasteiger partial charge is 0.407 e. The number of alkyl carbamates (subject to hydrolysis) is 1. The van der Waals surface area contributed by atoms with Crippen LogP contribution in [0.2, 0.25) is 25.7 Å². The predicted molar refractivity (Wildman–Crippen MR) is 169 cm³/mol. The molecule has 2 aromatic heterocycles. The molecule has 11 heteroatoms. The number of pyridine rings is 2. The van der Waals surface area contributed by atoms with Crippen LogP contribution in [0.1, 0.15) is 62.8 Å². The van der Waals surface area contributed by atoms with Gasteiger partial charge in [-0.1, -0.05) is 50.8 Å². The molecule has 1 aromatic carbocycles. The fourth-order valence-electron chi connectivity index (χ4n) is 5.88. The van der Waals surface area contributed by atoms with Gasteiger partial charge < -0.3 is 24.1 Å². The molecule has 0 unspecified atom stereocenters. The van der Waals surface area contributed by atoms with Gasteiger partial charge in [-0.2, -0.15) is 0 Å². The molecular weight excluding hydrogens is 578 g/mol. The Kier molecular flexibility index (Phi) is 8.21. The topological polar surface area (TPSA) is 126 Å². The van der Waals surface area contributed by atoms with Crippen molar-refractivity contribution in [3.63, 3.8) is 0 Å². The van der Waals surface area contributed by atoms with E-state index in [0.29, 0.717) is 23.5 Å². The summed E-state index contributed by atoms with van der Waals surface area (Å²) in [6.07, 6.45) is 0.0832. The summed E-state index contributed by atoms with van der Waals surface area (Å²) in [5.41, 5.74) is 2.21. The quantitative estimate of drug-likeness (QED) is 0.157. The number of benzene rings is 1. The number of nitrogens with zero attached hydrogens (tertiary/aromatic N) is 2. The molecule has 5 rings (SSSR count). The molecule has 4 heterocycles. The molecule has 0 fully saturated rings. The number of hydrogen-bond donors (Lipinski definition) is 1. The van der Waals surface area contributed by atoms with Crippen LogP contribution in [0.15, 0.2) is 35.1 Å². The van der Waals surface area contributed by atoms with Gasteiger partial charge in [0, 0.05) is 31.1 Å². The van der Waals surface area contributed by atoms with Gasteiger partial charge in [-0.15, -0.1) is 0 Å². The van der Waals surface area contributed by atoms with E-state index in [-0.39, 0.29) is 37.1 Å². The van der Waals surface area contributed by atoms with Gasteiger partial charge in [0.25, 0.3) is 5.56 Å². The first-order chi connectivity index (χ1) is 20.6. The van der Waals surface area contributed by atoms with Gasteiger partial charge in [-0.05, 0) is 51.3 Å². The molecule has 3 aromatic rings. The number of nitrogens with one attached hydrogen (secondary N) is 1. The zero-order valence-electron chi connectivity index (χ0n) is 26.6. The van der Waals surface area contributed by atoms with Crippen molar-refractivity contribution in [3.05, 3.63) is 62.9 Å². The number of aromatic nitrogens is 2. The predicted octanol–water partition coefficient (Wildman–Crippen LogP) is 5.43. The summed E-state index contributed by atoms with van der Waals surface area (Å²) in [5.74, 6) is -1.45. The average Bonchev–Trinajstić information content (AvgIpc) is 3.30. The number of cyclic esters (lactones) is 1. The van der Waals surface area contributed by atoms with Crippen LogP contribution < -0.4 is 10.9 Å². The van der Waals surface area contributed by atoms with E-state index in [4.69, 9.17) is 19.2 Å². The van der Waals surface area contributed by atoms with Crippen molar-refractivity contribution in [2.24, 2.45) is 0 Å². The molecule has 0 saturated carbocycles. The molecule has 234 valence electrons. The number of hydrogen-bond acceptors (Lipinski definition) is 8. The lowest BCUT2D eigenvalue weighted by atomic mass is 9.85. The van der Waals surface area contributed by atoms with Crippen molar-refractivity contribution in [1.29, 1.82) is 0 Å². The summed E-state index contributed by atoms with van der Waals surface area (Å²) in [7, 11) is -1.37. The van der Waals surface area contributed by atoms with Crippen LogP contribution >= 0.6 is 0 Å². The van der Waals surface area contributed by atoms with E-state index in [2.05, 4.69) is 31.0 Å².